The van der Waals surface area contributed by atoms with Gasteiger partial charge in [0, 0.05) is 12.6 Å². The summed E-state index contributed by atoms with van der Waals surface area (Å²) in [6.45, 7) is 1.36. The number of rotatable bonds is 12. The molecule has 0 unspecified atom stereocenters. The number of nitrogens with one attached hydrogen (secondary N) is 1. The molecule has 0 aliphatic heterocycles. The highest BCUT2D eigenvalue weighted by Gasteiger charge is 2.33. The second-order valence-corrected chi connectivity index (χ2v) is 13.1. The number of carbonyl (C=O) groups is 2. The van der Waals surface area contributed by atoms with Crippen LogP contribution in [0.2, 0.25) is 0 Å². The van der Waals surface area contributed by atoms with Crippen LogP contribution in [0, 0.1) is 0 Å². The van der Waals surface area contributed by atoms with E-state index in [2.05, 4.69) is 5.32 Å². The fourth-order valence-electron chi connectivity index (χ4n) is 5.48. The maximum absolute atomic E-state index is 14.2. The van der Waals surface area contributed by atoms with Crippen LogP contribution in [-0.4, -0.2) is 43.8 Å². The molecule has 45 heavy (non-hydrogen) atoms. The van der Waals surface area contributed by atoms with E-state index in [1.54, 1.807) is 49.4 Å². The van der Waals surface area contributed by atoms with Crippen molar-refractivity contribution in [3.63, 3.8) is 0 Å². The van der Waals surface area contributed by atoms with E-state index in [9.17, 15) is 18.0 Å². The first-order valence-corrected chi connectivity index (χ1v) is 16.8. The molecule has 234 valence electrons. The SMILES string of the molecule is C[C@H](C(=O)NC1CCCCC1)N(Cc1ccccc1)C(=O)CN(c1ccc(Oc2ccccc2)cc1)S(=O)(=O)c1ccccc1. The van der Waals surface area contributed by atoms with E-state index in [0.717, 1.165) is 42.0 Å². The fraction of sp³-hybridized carbons (Fsp3) is 0.278. The Labute approximate surface area is 265 Å². The van der Waals surface area contributed by atoms with Gasteiger partial charge < -0.3 is 15.0 Å². The second kappa shape index (κ2) is 14.9. The zero-order valence-corrected chi connectivity index (χ0v) is 26.2. The standard InChI is InChI=1S/C36H39N3O5S/c1-28(36(41)37-30-16-8-3-9-17-30)38(26-29-14-6-2-7-15-29)35(40)27-39(45(42,43)34-20-12-5-13-21-34)31-22-24-33(25-23-31)44-32-18-10-4-11-19-32/h2,4-7,10-15,18-25,28,30H,3,8-9,16-17,26-27H2,1H3,(H,37,41)/t28-/m1/s1. The van der Waals surface area contributed by atoms with Crippen molar-refractivity contribution >= 4 is 27.5 Å². The smallest absolute Gasteiger partial charge is 0.264 e. The molecule has 8 nitrogen and oxygen atoms in total. The quantitative estimate of drug-likeness (QED) is 0.193. The topological polar surface area (TPSA) is 96.0 Å². The first-order valence-electron chi connectivity index (χ1n) is 15.4. The lowest BCUT2D eigenvalue weighted by atomic mass is 9.95. The van der Waals surface area contributed by atoms with Crippen LogP contribution in [0.5, 0.6) is 11.5 Å². The lowest BCUT2D eigenvalue weighted by Gasteiger charge is -2.33. The van der Waals surface area contributed by atoms with Gasteiger partial charge in [-0.25, -0.2) is 8.42 Å². The van der Waals surface area contributed by atoms with Crippen LogP contribution >= 0.6 is 0 Å². The number of sulfonamides is 1. The lowest BCUT2D eigenvalue weighted by Crippen LogP contribution is -2.53. The van der Waals surface area contributed by atoms with Gasteiger partial charge in [0.15, 0.2) is 0 Å². The van der Waals surface area contributed by atoms with Gasteiger partial charge in [0.1, 0.15) is 24.1 Å². The monoisotopic (exact) mass is 625 g/mol. The van der Waals surface area contributed by atoms with Crippen LogP contribution in [0.3, 0.4) is 0 Å². The largest absolute Gasteiger partial charge is 0.457 e. The van der Waals surface area contributed by atoms with Gasteiger partial charge in [-0.2, -0.15) is 0 Å². The van der Waals surface area contributed by atoms with Gasteiger partial charge in [0.05, 0.1) is 10.6 Å². The van der Waals surface area contributed by atoms with Crippen molar-refractivity contribution < 1.29 is 22.7 Å². The zero-order valence-electron chi connectivity index (χ0n) is 25.4. The molecule has 9 heteroatoms. The van der Waals surface area contributed by atoms with Crippen molar-refractivity contribution in [2.45, 2.75) is 62.6 Å². The summed E-state index contributed by atoms with van der Waals surface area (Å²) in [6, 6.07) is 32.5. The summed E-state index contributed by atoms with van der Waals surface area (Å²) in [6.07, 6.45) is 5.11. The number of hydrogen-bond acceptors (Lipinski definition) is 5. The number of benzene rings is 4. The minimum atomic E-state index is -4.15. The summed E-state index contributed by atoms with van der Waals surface area (Å²) < 4.78 is 35.1. The molecule has 1 atom stereocenters. The van der Waals surface area contributed by atoms with Crippen molar-refractivity contribution in [3.8, 4) is 11.5 Å². The summed E-state index contributed by atoms with van der Waals surface area (Å²) in [4.78, 5) is 29.2. The Hall–Kier alpha value is -4.63. The molecular formula is C36H39N3O5S. The predicted octanol–water partition coefficient (Wildman–Crippen LogP) is 6.54. The Balaban J connectivity index is 1.44. The summed E-state index contributed by atoms with van der Waals surface area (Å²) in [5.41, 5.74) is 1.13. The van der Waals surface area contributed by atoms with Crippen LogP contribution in [0.25, 0.3) is 0 Å². The molecule has 1 fully saturated rings. The first kappa shape index (κ1) is 31.8. The number of amides is 2. The van der Waals surface area contributed by atoms with E-state index >= 15 is 0 Å². The maximum atomic E-state index is 14.2. The number of nitrogens with zero attached hydrogens (tertiary/aromatic N) is 2. The van der Waals surface area contributed by atoms with Gasteiger partial charge in [-0.05, 0) is 73.9 Å². The molecule has 4 aromatic carbocycles. The van der Waals surface area contributed by atoms with Crippen LogP contribution in [-0.2, 0) is 26.2 Å². The van der Waals surface area contributed by atoms with Gasteiger partial charge >= 0.3 is 0 Å². The van der Waals surface area contributed by atoms with E-state index in [4.69, 9.17) is 4.74 Å². The Bertz CT molecular complexity index is 1640. The van der Waals surface area contributed by atoms with Crippen LogP contribution in [0.4, 0.5) is 5.69 Å². The number of para-hydroxylation sites is 1. The Morgan fingerprint density at radius 2 is 1.33 bits per heavy atom. The molecule has 1 aliphatic rings. The summed E-state index contributed by atoms with van der Waals surface area (Å²) in [5.74, 6) is 0.429. The van der Waals surface area contributed by atoms with Gasteiger partial charge in [-0.3, -0.25) is 13.9 Å². The van der Waals surface area contributed by atoms with E-state index in [1.165, 1.54) is 17.0 Å². The van der Waals surface area contributed by atoms with Gasteiger partial charge in [0.2, 0.25) is 11.8 Å². The number of ether oxygens (including phenoxy) is 1. The van der Waals surface area contributed by atoms with Crippen LogP contribution in [0.1, 0.15) is 44.6 Å². The third kappa shape index (κ3) is 8.30. The molecule has 1 N–H and O–H groups in total. The summed E-state index contributed by atoms with van der Waals surface area (Å²) in [7, 11) is -4.15. The second-order valence-electron chi connectivity index (χ2n) is 11.3. The highest BCUT2D eigenvalue weighted by Crippen LogP contribution is 2.28. The predicted molar refractivity (Wildman–Crippen MR) is 175 cm³/mol. The molecule has 0 spiro atoms. The highest BCUT2D eigenvalue weighted by atomic mass is 32.2. The van der Waals surface area contributed by atoms with Gasteiger partial charge in [0.25, 0.3) is 10.0 Å². The number of hydrogen-bond donors (Lipinski definition) is 1. The van der Waals surface area contributed by atoms with E-state index < -0.39 is 28.5 Å². The molecule has 0 bridgehead atoms. The van der Waals surface area contributed by atoms with Crippen molar-refractivity contribution in [1.29, 1.82) is 0 Å². The highest BCUT2D eigenvalue weighted by molar-refractivity contribution is 7.92. The molecular weight excluding hydrogens is 586 g/mol. The molecule has 1 aliphatic carbocycles. The molecule has 0 aromatic heterocycles. The first-order chi connectivity index (χ1) is 21.8. The van der Waals surface area contributed by atoms with E-state index in [-0.39, 0.29) is 23.4 Å². The third-order valence-electron chi connectivity index (χ3n) is 8.03. The average Bonchev–Trinajstić information content (AvgIpc) is 3.08. The molecule has 2 amide bonds. The van der Waals surface area contributed by atoms with Crippen molar-refractivity contribution in [1.82, 2.24) is 10.2 Å². The van der Waals surface area contributed by atoms with E-state index in [1.807, 2.05) is 60.7 Å². The maximum Gasteiger partial charge on any atom is 0.264 e. The fourth-order valence-corrected chi connectivity index (χ4v) is 6.92. The molecule has 4 aromatic rings. The van der Waals surface area contributed by atoms with E-state index in [0.29, 0.717) is 17.2 Å². The summed E-state index contributed by atoms with van der Waals surface area (Å²) in [5, 5.41) is 3.13. The molecule has 0 heterocycles. The normalized spacial score (nSPS) is 14.2. The molecule has 0 radical (unpaired) electrons. The summed E-state index contributed by atoms with van der Waals surface area (Å²) >= 11 is 0. The van der Waals surface area contributed by atoms with Crippen molar-refractivity contribution in [2.75, 3.05) is 10.8 Å². The Kier molecular flexibility index (Phi) is 10.5. The van der Waals surface area contributed by atoms with Crippen LogP contribution in [0.15, 0.2) is 120 Å². The van der Waals surface area contributed by atoms with Gasteiger partial charge in [-0.15, -0.1) is 0 Å². The average molecular weight is 626 g/mol. The van der Waals surface area contributed by atoms with Gasteiger partial charge in [-0.1, -0.05) is 86.0 Å². The van der Waals surface area contributed by atoms with Crippen LogP contribution < -0.4 is 14.4 Å². The molecule has 1 saturated carbocycles. The minimum Gasteiger partial charge on any atom is -0.457 e. The zero-order chi connectivity index (χ0) is 31.6. The number of anilines is 1. The molecule has 5 rings (SSSR count). The third-order valence-corrected chi connectivity index (χ3v) is 9.82. The minimum absolute atomic E-state index is 0.0557. The van der Waals surface area contributed by atoms with Crippen molar-refractivity contribution in [3.05, 3.63) is 121 Å². The lowest BCUT2D eigenvalue weighted by molar-refractivity contribution is -0.139. The number of carbonyl (C=O) groups excluding carboxylic acids is 2. The Morgan fingerprint density at radius 3 is 1.96 bits per heavy atom. The molecule has 0 saturated heterocycles. The Morgan fingerprint density at radius 1 is 0.778 bits per heavy atom. The van der Waals surface area contributed by atoms with Crippen molar-refractivity contribution in [2.24, 2.45) is 0 Å².